The van der Waals surface area contributed by atoms with E-state index in [9.17, 15) is 10.5 Å². The molecule has 101 heavy (non-hydrogen) atoms. The lowest BCUT2D eigenvalue weighted by Crippen LogP contribution is -2.27. The Kier molecular flexibility index (Phi) is 12.2. The number of para-hydroxylation sites is 8. The van der Waals surface area contributed by atoms with Crippen LogP contribution >= 0.6 is 0 Å². The number of hydrogen-bond acceptors (Lipinski definition) is 4. The first-order valence-electron chi connectivity index (χ1n) is 34.8. The zero-order chi connectivity index (χ0) is 66.7. The van der Waals surface area contributed by atoms with Gasteiger partial charge in [-0.15, -0.1) is 0 Å². The summed E-state index contributed by atoms with van der Waals surface area (Å²) in [5.74, 6) is -0.0819. The third-order valence-corrected chi connectivity index (χ3v) is 22.2. The number of aromatic nitrogens is 4. The number of anilines is 4. The summed E-state index contributed by atoms with van der Waals surface area (Å²) in [6.45, 7) is 2.36. The molecule has 4 aliphatic rings. The van der Waals surface area contributed by atoms with Crippen LogP contribution in [0.15, 0.2) is 315 Å². The van der Waals surface area contributed by atoms with Crippen LogP contribution in [0.5, 0.6) is 0 Å². The molecule has 8 nitrogen and oxygen atoms in total. The largest absolute Gasteiger partial charge is 0.333 e. The van der Waals surface area contributed by atoms with Crippen molar-refractivity contribution in [2.45, 2.75) is 31.2 Å². The maximum atomic E-state index is 12.0. The second kappa shape index (κ2) is 21.8. The maximum Gasteiger partial charge on any atom is 0.101 e. The molecule has 472 valence electrons. The number of benzene rings is 13. The van der Waals surface area contributed by atoms with E-state index in [0.717, 1.165) is 117 Å². The topological polar surface area (TPSA) is 73.8 Å². The number of hydrogen-bond donors (Lipinski definition) is 0. The van der Waals surface area contributed by atoms with Gasteiger partial charge in [-0.2, -0.15) is 10.5 Å². The lowest BCUT2D eigenvalue weighted by atomic mass is 9.78. The Hall–Kier alpha value is -13.4. The van der Waals surface area contributed by atoms with Crippen LogP contribution in [0, 0.1) is 22.7 Å². The Morgan fingerprint density at radius 3 is 1.47 bits per heavy atom. The number of nitriles is 2. The van der Waals surface area contributed by atoms with Gasteiger partial charge < -0.3 is 28.1 Å². The molecule has 0 saturated heterocycles. The molecule has 0 radical (unpaired) electrons. The molecule has 2 unspecified atom stereocenters. The van der Waals surface area contributed by atoms with Crippen LogP contribution in [0.3, 0.4) is 0 Å². The van der Waals surface area contributed by atoms with Crippen molar-refractivity contribution in [1.29, 1.82) is 10.5 Å². The van der Waals surface area contributed by atoms with E-state index in [0.29, 0.717) is 22.5 Å². The SMILES string of the molecule is C[C@@H]1c2c(c3cc(C4=CCC5C(=C4)c4ccccc4N5c4ccccc4)ccc3n2-c2cc(C#N)c(-n3c4ccc(-c5ccc6c(c5)c5ccccc5n6-c5ccccc5)cc4c4cc5c(cc43)c3ccccc3n5-c3ccccc3)cc2C#N)C=C2C1c1ccccc1N2c1ccccc1. The third kappa shape index (κ3) is 8.22. The molecule has 0 bridgehead atoms. The van der Waals surface area contributed by atoms with Crippen molar-refractivity contribution in [3.8, 4) is 46.0 Å². The highest BCUT2D eigenvalue weighted by molar-refractivity contribution is 6.20. The number of rotatable bonds is 8. The van der Waals surface area contributed by atoms with Crippen molar-refractivity contribution >= 4 is 116 Å². The standard InChI is InChI=1S/C93H60N8/c1-57-92-71-33-17-21-37-82(71)99(67-28-12-5-13-29-67)91(92)54-78-75-49-61(59-39-43-84-73(47-59)69-31-15-19-35-80(69)97(84)65-24-8-3-9-25-65)41-45-86(75)101(93(57)78)88-51-62(55-94)87(50-63(88)56-95)100-85-44-40-60(58-38-42-83-72(46-58)68-30-14-18-34-79(68)96(83)64-22-6-2-7-23-64)48-74(85)77-53-89-76(52-90(77)100)70-32-16-20-36-81(70)98(89)66-26-10-4-11-27-66/h2-42,44-54,57,84,92H,43H2,1H3/t57-,84?,92?/m0/s1. The Morgan fingerprint density at radius 1 is 0.356 bits per heavy atom. The van der Waals surface area contributed by atoms with Gasteiger partial charge in [0, 0.05) is 106 Å². The van der Waals surface area contributed by atoms with Gasteiger partial charge in [0.2, 0.25) is 0 Å². The van der Waals surface area contributed by atoms with Crippen molar-refractivity contribution in [3.63, 3.8) is 0 Å². The first kappa shape index (κ1) is 56.7. The number of nitrogens with zero attached hydrogens (tertiary/aromatic N) is 8. The molecule has 2 aliphatic carbocycles. The monoisotopic (exact) mass is 1290 g/mol. The summed E-state index contributed by atoms with van der Waals surface area (Å²) in [4.78, 5) is 4.95. The van der Waals surface area contributed by atoms with Crippen LogP contribution in [-0.4, -0.2) is 24.3 Å². The average Bonchev–Trinajstić information content (AvgIpc) is 1.55. The molecule has 8 heteroatoms. The quantitative estimate of drug-likeness (QED) is 0.152. The predicted molar refractivity (Wildman–Crippen MR) is 415 cm³/mol. The summed E-state index contributed by atoms with van der Waals surface area (Å²) in [5, 5.41) is 31.7. The molecule has 0 fully saturated rings. The van der Waals surface area contributed by atoms with Crippen LogP contribution < -0.4 is 9.80 Å². The summed E-state index contributed by atoms with van der Waals surface area (Å²) >= 11 is 0. The van der Waals surface area contributed by atoms with Gasteiger partial charge in [-0.1, -0.05) is 177 Å². The van der Waals surface area contributed by atoms with Crippen LogP contribution in [0.25, 0.3) is 127 Å². The van der Waals surface area contributed by atoms with E-state index >= 15 is 0 Å². The Labute approximate surface area is 582 Å². The van der Waals surface area contributed by atoms with Crippen molar-refractivity contribution < 1.29 is 0 Å². The zero-order valence-corrected chi connectivity index (χ0v) is 55.0. The van der Waals surface area contributed by atoms with Gasteiger partial charge in [-0.3, -0.25) is 0 Å². The minimum atomic E-state index is -0.0710. The second-order valence-electron chi connectivity index (χ2n) is 27.3. The fourth-order valence-electron chi connectivity index (χ4n) is 17.9. The van der Waals surface area contributed by atoms with Crippen LogP contribution in [0.2, 0.25) is 0 Å². The molecular formula is C93H60N8. The lowest BCUT2D eigenvalue weighted by molar-refractivity contribution is 0.624. The second-order valence-corrected chi connectivity index (χ2v) is 27.3. The molecule has 13 aromatic carbocycles. The first-order valence-corrected chi connectivity index (χ1v) is 34.8. The van der Waals surface area contributed by atoms with Crippen molar-refractivity contribution in [1.82, 2.24) is 18.3 Å². The molecule has 0 saturated carbocycles. The molecule has 21 rings (SSSR count). The summed E-state index contributed by atoms with van der Waals surface area (Å²) in [6, 6.07) is 113. The maximum absolute atomic E-state index is 12.0. The van der Waals surface area contributed by atoms with Crippen LogP contribution in [0.4, 0.5) is 22.7 Å². The molecule has 0 spiro atoms. The molecule has 6 heterocycles. The third-order valence-electron chi connectivity index (χ3n) is 22.2. The van der Waals surface area contributed by atoms with Crippen LogP contribution in [-0.2, 0) is 0 Å². The summed E-state index contributed by atoms with van der Waals surface area (Å²) in [6.07, 6.45) is 8.11. The molecular weight excluding hydrogens is 1230 g/mol. The Bertz CT molecular complexity index is 6600. The van der Waals surface area contributed by atoms with Crippen molar-refractivity contribution in [2.75, 3.05) is 9.80 Å². The minimum Gasteiger partial charge on any atom is -0.333 e. The molecule has 17 aromatic rings. The van der Waals surface area contributed by atoms with Crippen molar-refractivity contribution in [2.24, 2.45) is 0 Å². The molecule has 4 aromatic heterocycles. The van der Waals surface area contributed by atoms with E-state index in [1.165, 1.54) is 55.8 Å². The fraction of sp³-hybridized carbons (Fsp3) is 0.0538. The summed E-state index contributed by atoms with van der Waals surface area (Å²) < 4.78 is 9.32. The van der Waals surface area contributed by atoms with Gasteiger partial charge in [0.1, 0.15) is 12.1 Å². The van der Waals surface area contributed by atoms with Gasteiger partial charge in [0.05, 0.1) is 67.2 Å². The van der Waals surface area contributed by atoms with Gasteiger partial charge in [-0.05, 0) is 185 Å². The number of fused-ring (bicyclic) bond motifs is 18. The smallest absolute Gasteiger partial charge is 0.101 e. The highest BCUT2D eigenvalue weighted by atomic mass is 15.2. The molecule has 3 atom stereocenters. The molecule has 0 N–H and O–H groups in total. The fourth-order valence-corrected chi connectivity index (χ4v) is 17.9. The Morgan fingerprint density at radius 2 is 0.822 bits per heavy atom. The zero-order valence-electron chi connectivity index (χ0n) is 55.0. The average molecular weight is 1290 g/mol. The normalized spacial score (nSPS) is 16.0. The molecule has 2 aliphatic heterocycles. The van der Waals surface area contributed by atoms with E-state index in [-0.39, 0.29) is 17.9 Å². The first-order chi connectivity index (χ1) is 50.0. The Balaban J connectivity index is 0.780. The highest BCUT2D eigenvalue weighted by Gasteiger charge is 2.44. The van der Waals surface area contributed by atoms with E-state index < -0.39 is 0 Å². The lowest BCUT2D eigenvalue weighted by Gasteiger charge is -2.31. The van der Waals surface area contributed by atoms with Gasteiger partial charge >= 0.3 is 0 Å². The van der Waals surface area contributed by atoms with Gasteiger partial charge in [0.25, 0.3) is 0 Å². The highest BCUT2D eigenvalue weighted by Crippen LogP contribution is 2.59. The minimum absolute atomic E-state index is 0.0110. The molecule has 0 amide bonds. The van der Waals surface area contributed by atoms with E-state index in [1.807, 2.05) is 12.1 Å². The summed E-state index contributed by atoms with van der Waals surface area (Å²) in [5.41, 5.74) is 28.2. The predicted octanol–water partition coefficient (Wildman–Crippen LogP) is 23.1. The van der Waals surface area contributed by atoms with Gasteiger partial charge in [-0.25, -0.2) is 0 Å². The van der Waals surface area contributed by atoms with Crippen LogP contribution in [0.1, 0.15) is 64.3 Å². The number of allylic oxidation sites excluding steroid dienone is 3. The van der Waals surface area contributed by atoms with E-state index in [2.05, 4.69) is 350 Å². The summed E-state index contributed by atoms with van der Waals surface area (Å²) in [7, 11) is 0. The van der Waals surface area contributed by atoms with E-state index in [1.54, 1.807) is 0 Å². The van der Waals surface area contributed by atoms with Gasteiger partial charge in [0.15, 0.2) is 0 Å². The van der Waals surface area contributed by atoms with E-state index in [4.69, 9.17) is 0 Å². The van der Waals surface area contributed by atoms with Crippen molar-refractivity contribution in [3.05, 3.63) is 354 Å².